The van der Waals surface area contributed by atoms with Gasteiger partial charge in [0.2, 0.25) is 17.6 Å². The number of rotatable bonds is 6. The number of primary amides is 1. The average Bonchev–Trinajstić information content (AvgIpc) is 3.19. The van der Waals surface area contributed by atoms with Crippen molar-refractivity contribution in [3.8, 4) is 11.4 Å². The number of thioether (sulfide) groups is 1. The largest absolute Gasteiger partial charge is 0.416 e. The number of benzene rings is 1. The van der Waals surface area contributed by atoms with Crippen LogP contribution in [-0.4, -0.2) is 21.0 Å². The third kappa shape index (κ3) is 4.86. The van der Waals surface area contributed by atoms with E-state index in [4.69, 9.17) is 10.3 Å². The van der Waals surface area contributed by atoms with Crippen LogP contribution in [0, 0.1) is 6.92 Å². The van der Waals surface area contributed by atoms with Gasteiger partial charge in [0.05, 0.1) is 23.4 Å². The molecule has 0 aliphatic heterocycles. The van der Waals surface area contributed by atoms with Gasteiger partial charge < -0.3 is 10.3 Å². The topological polar surface area (TPSA) is 94.9 Å². The van der Waals surface area contributed by atoms with Crippen molar-refractivity contribution in [1.82, 2.24) is 15.1 Å². The molecule has 2 heterocycles. The molecule has 1 amide bonds. The lowest BCUT2D eigenvalue weighted by Gasteiger charge is -2.06. The standard InChI is InChI=1S/C16H13F3N4O2S2/c1-8-11(6-12(20)24)27-15(21-8)26-7-13-22-14(23-25-13)9-3-2-4-10(5-9)16(17,18)19/h2-5H,6-7H2,1H3,(H2,20,24). The molecule has 0 fully saturated rings. The molecule has 6 nitrogen and oxygen atoms in total. The normalized spacial score (nSPS) is 11.7. The van der Waals surface area contributed by atoms with Gasteiger partial charge in [-0.3, -0.25) is 4.79 Å². The Hall–Kier alpha value is -2.40. The number of halogens is 3. The van der Waals surface area contributed by atoms with Gasteiger partial charge in [0.1, 0.15) is 0 Å². The minimum atomic E-state index is -4.44. The van der Waals surface area contributed by atoms with E-state index >= 15 is 0 Å². The highest BCUT2D eigenvalue weighted by molar-refractivity contribution is 8.00. The van der Waals surface area contributed by atoms with Gasteiger partial charge in [-0.15, -0.1) is 11.3 Å². The van der Waals surface area contributed by atoms with E-state index < -0.39 is 17.6 Å². The number of carbonyl (C=O) groups excluding carboxylic acids is 1. The number of hydrogen-bond donors (Lipinski definition) is 1. The molecule has 0 unspecified atom stereocenters. The van der Waals surface area contributed by atoms with E-state index in [1.807, 2.05) is 0 Å². The lowest BCUT2D eigenvalue weighted by molar-refractivity contribution is -0.137. The van der Waals surface area contributed by atoms with E-state index in [0.29, 0.717) is 10.1 Å². The third-order valence-corrected chi connectivity index (χ3v) is 5.73. The molecule has 0 aliphatic rings. The Morgan fingerprint density at radius 2 is 2.11 bits per heavy atom. The fourth-order valence-electron chi connectivity index (χ4n) is 2.17. The number of amides is 1. The SMILES string of the molecule is Cc1nc(SCc2nc(-c3cccc(C(F)(F)F)c3)no2)sc1CC(N)=O. The van der Waals surface area contributed by atoms with Crippen molar-refractivity contribution in [3.05, 3.63) is 46.3 Å². The van der Waals surface area contributed by atoms with Gasteiger partial charge in [-0.1, -0.05) is 29.1 Å². The molecule has 3 aromatic rings. The molecule has 0 radical (unpaired) electrons. The number of hydrogen-bond acceptors (Lipinski definition) is 7. The van der Waals surface area contributed by atoms with E-state index in [2.05, 4.69) is 15.1 Å². The van der Waals surface area contributed by atoms with Crippen LogP contribution < -0.4 is 5.73 Å². The minimum Gasteiger partial charge on any atom is -0.369 e. The van der Waals surface area contributed by atoms with E-state index in [9.17, 15) is 18.0 Å². The maximum absolute atomic E-state index is 12.8. The Labute approximate surface area is 160 Å². The van der Waals surface area contributed by atoms with E-state index in [1.165, 1.54) is 35.2 Å². The zero-order valence-corrected chi connectivity index (χ0v) is 15.5. The summed E-state index contributed by atoms with van der Waals surface area (Å²) in [4.78, 5) is 20.3. The minimum absolute atomic E-state index is 0.0847. The molecular weight excluding hydrogens is 401 g/mol. The fourth-order valence-corrected chi connectivity index (χ4v) is 4.26. The van der Waals surface area contributed by atoms with Crippen LogP contribution in [0.5, 0.6) is 0 Å². The van der Waals surface area contributed by atoms with Gasteiger partial charge in [-0.25, -0.2) is 4.98 Å². The molecule has 0 aliphatic carbocycles. The summed E-state index contributed by atoms with van der Waals surface area (Å²) in [6.07, 6.45) is -4.31. The lowest BCUT2D eigenvalue weighted by atomic mass is 10.1. The molecule has 0 spiro atoms. The third-order valence-electron chi connectivity index (χ3n) is 3.44. The first kappa shape index (κ1) is 19.4. The maximum atomic E-state index is 12.8. The summed E-state index contributed by atoms with van der Waals surface area (Å²) in [5.41, 5.74) is 5.37. The van der Waals surface area contributed by atoms with Crippen LogP contribution in [0.2, 0.25) is 0 Å². The first-order valence-corrected chi connectivity index (χ1v) is 9.40. The highest BCUT2D eigenvalue weighted by Gasteiger charge is 2.30. The van der Waals surface area contributed by atoms with Crippen LogP contribution in [0.1, 0.15) is 22.0 Å². The molecular formula is C16H13F3N4O2S2. The van der Waals surface area contributed by atoms with E-state index in [1.54, 1.807) is 6.92 Å². The van der Waals surface area contributed by atoms with Gasteiger partial charge in [0.15, 0.2) is 4.34 Å². The van der Waals surface area contributed by atoms with Gasteiger partial charge in [0.25, 0.3) is 0 Å². The maximum Gasteiger partial charge on any atom is 0.416 e. The molecule has 1 aromatic carbocycles. The van der Waals surface area contributed by atoms with Crippen LogP contribution in [0.25, 0.3) is 11.4 Å². The van der Waals surface area contributed by atoms with E-state index in [-0.39, 0.29) is 23.7 Å². The Morgan fingerprint density at radius 1 is 1.33 bits per heavy atom. The monoisotopic (exact) mass is 414 g/mol. The summed E-state index contributed by atoms with van der Waals surface area (Å²) in [7, 11) is 0. The molecule has 0 saturated carbocycles. The molecule has 0 bridgehead atoms. The molecule has 142 valence electrons. The second-order valence-electron chi connectivity index (χ2n) is 5.51. The summed E-state index contributed by atoms with van der Waals surface area (Å²) < 4.78 is 44.2. The number of nitrogens with zero attached hydrogens (tertiary/aromatic N) is 3. The van der Waals surface area contributed by atoms with Crippen molar-refractivity contribution in [1.29, 1.82) is 0 Å². The summed E-state index contributed by atoms with van der Waals surface area (Å²) in [6.45, 7) is 1.79. The van der Waals surface area contributed by atoms with Crippen molar-refractivity contribution in [2.24, 2.45) is 5.73 Å². The van der Waals surface area contributed by atoms with Crippen LogP contribution in [0.4, 0.5) is 13.2 Å². The number of alkyl halides is 3. The first-order chi connectivity index (χ1) is 12.7. The van der Waals surface area contributed by atoms with Gasteiger partial charge >= 0.3 is 6.18 Å². The first-order valence-electron chi connectivity index (χ1n) is 7.60. The zero-order valence-electron chi connectivity index (χ0n) is 13.9. The summed E-state index contributed by atoms with van der Waals surface area (Å²) in [5, 5.41) is 3.74. The smallest absolute Gasteiger partial charge is 0.369 e. The Kier molecular flexibility index (Phi) is 5.51. The average molecular weight is 414 g/mol. The van der Waals surface area contributed by atoms with Crippen LogP contribution in [-0.2, 0) is 23.1 Å². The molecule has 2 N–H and O–H groups in total. The Morgan fingerprint density at radius 3 is 2.81 bits per heavy atom. The molecule has 2 aromatic heterocycles. The Bertz CT molecular complexity index is 969. The highest BCUT2D eigenvalue weighted by atomic mass is 32.2. The number of aromatic nitrogens is 3. The second kappa shape index (κ2) is 7.69. The molecule has 0 saturated heterocycles. The summed E-state index contributed by atoms with van der Waals surface area (Å²) in [5.74, 6) is 0.216. The summed E-state index contributed by atoms with van der Waals surface area (Å²) >= 11 is 2.68. The highest BCUT2D eigenvalue weighted by Crippen LogP contribution is 2.32. The number of nitrogens with two attached hydrogens (primary N) is 1. The fraction of sp³-hybridized carbons (Fsp3) is 0.250. The van der Waals surface area contributed by atoms with Crippen molar-refractivity contribution in [2.75, 3.05) is 0 Å². The Balaban J connectivity index is 1.69. The second-order valence-corrected chi connectivity index (χ2v) is 7.82. The van der Waals surface area contributed by atoms with Crippen LogP contribution in [0.15, 0.2) is 33.1 Å². The van der Waals surface area contributed by atoms with Crippen molar-refractivity contribution < 1.29 is 22.5 Å². The van der Waals surface area contributed by atoms with Crippen molar-refractivity contribution in [3.63, 3.8) is 0 Å². The molecule has 27 heavy (non-hydrogen) atoms. The molecule has 3 rings (SSSR count). The van der Waals surface area contributed by atoms with Crippen LogP contribution >= 0.6 is 23.1 Å². The number of aryl methyl sites for hydroxylation is 1. The summed E-state index contributed by atoms with van der Waals surface area (Å²) in [6, 6.07) is 4.73. The van der Waals surface area contributed by atoms with Gasteiger partial charge in [-0.05, 0) is 19.1 Å². The van der Waals surface area contributed by atoms with Crippen LogP contribution in [0.3, 0.4) is 0 Å². The molecule has 11 heteroatoms. The van der Waals surface area contributed by atoms with E-state index in [0.717, 1.165) is 22.7 Å². The van der Waals surface area contributed by atoms with Gasteiger partial charge in [-0.2, -0.15) is 18.2 Å². The van der Waals surface area contributed by atoms with Crippen molar-refractivity contribution >= 4 is 29.0 Å². The quantitative estimate of drug-likeness (QED) is 0.616. The lowest BCUT2D eigenvalue weighted by Crippen LogP contribution is -2.13. The number of thiazole rings is 1. The van der Waals surface area contributed by atoms with Crippen molar-refractivity contribution in [2.45, 2.75) is 29.6 Å². The molecule has 0 atom stereocenters. The zero-order chi connectivity index (χ0) is 19.6. The predicted octanol–water partition coefficient (Wildman–Crippen LogP) is 3.84. The number of carbonyl (C=O) groups is 1. The predicted molar refractivity (Wildman–Crippen MR) is 94.0 cm³/mol. The van der Waals surface area contributed by atoms with Gasteiger partial charge in [0, 0.05) is 10.4 Å².